The van der Waals surface area contributed by atoms with Crippen LogP contribution in [0.4, 0.5) is 11.4 Å². The van der Waals surface area contributed by atoms with Crippen molar-refractivity contribution in [2.75, 3.05) is 24.1 Å². The smallest absolute Gasteiger partial charge is 0.245 e. The first-order chi connectivity index (χ1) is 8.46. The molecular weight excluding hydrogens is 250 g/mol. The first kappa shape index (κ1) is 13.2. The first-order valence-corrected chi connectivity index (χ1v) is 7.56. The topological polar surface area (TPSA) is 75.4 Å². The fourth-order valence-electron chi connectivity index (χ4n) is 2.11. The number of anilines is 2. The molecule has 0 radical (unpaired) electrons. The summed E-state index contributed by atoms with van der Waals surface area (Å²) in [4.78, 5) is 0.278. The molecule has 100 valence electrons. The molecule has 1 aromatic rings. The molecule has 1 aromatic carbocycles. The lowest BCUT2D eigenvalue weighted by Gasteiger charge is -2.25. The van der Waals surface area contributed by atoms with Crippen molar-refractivity contribution in [1.29, 1.82) is 0 Å². The van der Waals surface area contributed by atoms with E-state index in [1.54, 1.807) is 16.4 Å². The molecule has 5 nitrogen and oxygen atoms in total. The Kier molecular flexibility index (Phi) is 3.49. The maximum atomic E-state index is 12.6. The average molecular weight is 269 g/mol. The molecule has 0 aliphatic carbocycles. The molecule has 0 saturated carbocycles. The van der Waals surface area contributed by atoms with E-state index in [1.165, 1.54) is 6.07 Å². The van der Waals surface area contributed by atoms with Crippen molar-refractivity contribution in [2.24, 2.45) is 0 Å². The summed E-state index contributed by atoms with van der Waals surface area (Å²) in [5, 5.41) is 3.14. The molecule has 1 aliphatic rings. The Morgan fingerprint density at radius 1 is 1.50 bits per heavy atom. The van der Waals surface area contributed by atoms with Gasteiger partial charge < -0.3 is 11.1 Å². The van der Waals surface area contributed by atoms with Crippen molar-refractivity contribution in [3.8, 4) is 0 Å². The zero-order chi connectivity index (χ0) is 13.3. The van der Waals surface area contributed by atoms with Crippen LogP contribution >= 0.6 is 0 Å². The molecule has 1 unspecified atom stereocenters. The summed E-state index contributed by atoms with van der Waals surface area (Å²) in [5.41, 5.74) is 6.79. The number of benzene rings is 1. The lowest BCUT2D eigenvalue weighted by Crippen LogP contribution is -2.39. The zero-order valence-corrected chi connectivity index (χ0v) is 11.5. The quantitative estimate of drug-likeness (QED) is 0.797. The average Bonchev–Trinajstić information content (AvgIpc) is 2.46. The summed E-state index contributed by atoms with van der Waals surface area (Å²) in [6, 6.07) is 4.95. The predicted octanol–water partition coefficient (Wildman–Crippen LogP) is 1.48. The summed E-state index contributed by atoms with van der Waals surface area (Å²) in [5.74, 6) is 0. The Bertz CT molecular complexity index is 542. The second-order valence-corrected chi connectivity index (χ2v) is 6.41. The third-order valence-electron chi connectivity index (χ3n) is 3.32. The number of fused-ring (bicyclic) bond motifs is 1. The number of nitrogens with zero attached hydrogens (tertiary/aromatic N) is 1. The number of nitrogens with two attached hydrogens (primary N) is 1. The molecule has 0 amide bonds. The van der Waals surface area contributed by atoms with Crippen molar-refractivity contribution in [1.82, 2.24) is 4.31 Å². The lowest BCUT2D eigenvalue weighted by molar-refractivity contribution is 0.341. The van der Waals surface area contributed by atoms with Crippen LogP contribution in [-0.2, 0) is 10.0 Å². The highest BCUT2D eigenvalue weighted by Gasteiger charge is 2.32. The molecular formula is C12H19N3O2S. The minimum absolute atomic E-state index is 0.0100. The second-order valence-electron chi connectivity index (χ2n) is 4.56. The van der Waals surface area contributed by atoms with E-state index >= 15 is 0 Å². The predicted molar refractivity (Wildman–Crippen MR) is 73.0 cm³/mol. The molecule has 0 saturated heterocycles. The number of nitrogen functional groups attached to an aromatic ring is 1. The van der Waals surface area contributed by atoms with Crippen LogP contribution < -0.4 is 11.1 Å². The minimum Gasteiger partial charge on any atom is -0.399 e. The molecule has 0 bridgehead atoms. The SMILES string of the molecule is CCC(C)N1CCNc2ccc(N)cc2S1(=O)=O. The standard InChI is InChI=1S/C12H19N3O2S/c1-3-9(2)15-7-6-14-11-5-4-10(13)8-12(11)18(15,16)17/h4-5,8-9,14H,3,6-7,13H2,1-2H3. The largest absolute Gasteiger partial charge is 0.399 e. The van der Waals surface area contributed by atoms with Crippen molar-refractivity contribution in [3.63, 3.8) is 0 Å². The van der Waals surface area contributed by atoms with Gasteiger partial charge in [-0.25, -0.2) is 8.42 Å². The van der Waals surface area contributed by atoms with Gasteiger partial charge >= 0.3 is 0 Å². The van der Waals surface area contributed by atoms with Crippen LogP contribution in [0, 0.1) is 0 Å². The van der Waals surface area contributed by atoms with E-state index in [2.05, 4.69) is 5.32 Å². The maximum Gasteiger partial charge on any atom is 0.245 e. The zero-order valence-electron chi connectivity index (χ0n) is 10.7. The Hall–Kier alpha value is -1.27. The van der Waals surface area contributed by atoms with E-state index in [-0.39, 0.29) is 10.9 Å². The van der Waals surface area contributed by atoms with Gasteiger partial charge in [-0.05, 0) is 31.5 Å². The van der Waals surface area contributed by atoms with Crippen molar-refractivity contribution >= 4 is 21.4 Å². The Balaban J connectivity index is 2.55. The van der Waals surface area contributed by atoms with Crippen LogP contribution in [0.2, 0.25) is 0 Å². The second kappa shape index (κ2) is 4.78. The summed E-state index contributed by atoms with van der Waals surface area (Å²) in [7, 11) is -3.46. The molecule has 3 N–H and O–H groups in total. The van der Waals surface area contributed by atoms with Crippen molar-refractivity contribution < 1.29 is 8.42 Å². The summed E-state index contributed by atoms with van der Waals surface area (Å²) < 4.78 is 26.8. The van der Waals surface area contributed by atoms with Gasteiger partial charge in [-0.15, -0.1) is 0 Å². The van der Waals surface area contributed by atoms with Gasteiger partial charge in [0.05, 0.1) is 5.69 Å². The van der Waals surface area contributed by atoms with Crippen LogP contribution in [0.15, 0.2) is 23.1 Å². The van der Waals surface area contributed by atoms with Gasteiger partial charge in [0.25, 0.3) is 0 Å². The third-order valence-corrected chi connectivity index (χ3v) is 5.38. The van der Waals surface area contributed by atoms with E-state index in [1.807, 2.05) is 13.8 Å². The number of nitrogens with one attached hydrogen (secondary N) is 1. The maximum absolute atomic E-state index is 12.6. The van der Waals surface area contributed by atoms with Crippen molar-refractivity contribution in [3.05, 3.63) is 18.2 Å². The van der Waals surface area contributed by atoms with E-state index in [4.69, 9.17) is 5.73 Å². The van der Waals surface area contributed by atoms with Gasteiger partial charge in [0.2, 0.25) is 10.0 Å². The fraction of sp³-hybridized carbons (Fsp3) is 0.500. The highest BCUT2D eigenvalue weighted by atomic mass is 32.2. The molecule has 1 heterocycles. The van der Waals surface area contributed by atoms with Gasteiger partial charge in [0, 0.05) is 24.8 Å². The normalized spacial score (nSPS) is 20.6. The molecule has 6 heteroatoms. The van der Waals surface area contributed by atoms with E-state index in [0.717, 1.165) is 6.42 Å². The van der Waals surface area contributed by atoms with Crippen molar-refractivity contribution in [2.45, 2.75) is 31.2 Å². The number of sulfonamides is 1. The molecule has 1 aliphatic heterocycles. The Morgan fingerprint density at radius 2 is 2.22 bits per heavy atom. The summed E-state index contributed by atoms with van der Waals surface area (Å²) in [6.07, 6.45) is 0.789. The van der Waals surface area contributed by atoms with E-state index in [0.29, 0.717) is 24.5 Å². The van der Waals surface area contributed by atoms with Crippen LogP contribution in [0.25, 0.3) is 0 Å². The number of hydrogen-bond acceptors (Lipinski definition) is 4. The van der Waals surface area contributed by atoms with Gasteiger partial charge in [-0.2, -0.15) is 4.31 Å². The van der Waals surface area contributed by atoms with Gasteiger partial charge in [-0.1, -0.05) is 6.92 Å². The molecule has 18 heavy (non-hydrogen) atoms. The van der Waals surface area contributed by atoms with Gasteiger partial charge in [0.15, 0.2) is 0 Å². The highest BCUT2D eigenvalue weighted by molar-refractivity contribution is 7.89. The van der Waals surface area contributed by atoms with Crippen LogP contribution in [0.3, 0.4) is 0 Å². The minimum atomic E-state index is -3.46. The summed E-state index contributed by atoms with van der Waals surface area (Å²) in [6.45, 7) is 5.00. The molecule has 1 atom stereocenters. The van der Waals surface area contributed by atoms with E-state index < -0.39 is 10.0 Å². The highest BCUT2D eigenvalue weighted by Crippen LogP contribution is 2.30. The molecule has 0 aromatic heterocycles. The first-order valence-electron chi connectivity index (χ1n) is 6.12. The summed E-state index contributed by atoms with van der Waals surface area (Å²) >= 11 is 0. The van der Waals surface area contributed by atoms with Gasteiger partial charge in [-0.3, -0.25) is 0 Å². The number of hydrogen-bond donors (Lipinski definition) is 2. The monoisotopic (exact) mass is 269 g/mol. The van der Waals surface area contributed by atoms with Crippen LogP contribution in [0.5, 0.6) is 0 Å². The molecule has 2 rings (SSSR count). The fourth-order valence-corrected chi connectivity index (χ4v) is 4.02. The molecule has 0 fully saturated rings. The van der Waals surface area contributed by atoms with Gasteiger partial charge in [0.1, 0.15) is 4.90 Å². The Morgan fingerprint density at radius 3 is 2.89 bits per heavy atom. The lowest BCUT2D eigenvalue weighted by atomic mass is 10.2. The van der Waals surface area contributed by atoms with E-state index in [9.17, 15) is 8.42 Å². The van der Waals surface area contributed by atoms with Crippen LogP contribution in [-0.4, -0.2) is 31.9 Å². The third kappa shape index (κ3) is 2.18. The number of rotatable bonds is 2. The van der Waals surface area contributed by atoms with Crippen LogP contribution in [0.1, 0.15) is 20.3 Å². The molecule has 0 spiro atoms. The Labute approximate surface area is 108 Å².